The average molecular weight is 449 g/mol. The van der Waals surface area contributed by atoms with Crippen LogP contribution >= 0.6 is 0 Å². The van der Waals surface area contributed by atoms with Crippen molar-refractivity contribution < 1.29 is 22.4 Å². The summed E-state index contributed by atoms with van der Waals surface area (Å²) in [7, 11) is -3.72. The first-order valence-electron chi connectivity index (χ1n) is 10.3. The van der Waals surface area contributed by atoms with Gasteiger partial charge in [-0.15, -0.1) is 0 Å². The number of carbonyl (C=O) groups excluding carboxylic acids is 2. The van der Waals surface area contributed by atoms with Crippen molar-refractivity contribution in [2.75, 3.05) is 18.4 Å². The minimum atomic E-state index is -3.72. The lowest BCUT2D eigenvalue weighted by Crippen LogP contribution is -2.35. The largest absolute Gasteiger partial charge is 0.438 e. The number of amides is 3. The Balaban J connectivity index is 1.55. The Labute approximate surface area is 182 Å². The zero-order valence-electron chi connectivity index (χ0n) is 17.7. The fraction of sp³-hybridized carbons (Fsp3) is 0.429. The average Bonchev–Trinajstić information content (AvgIpc) is 3.24. The molecular weight excluding hydrogens is 420 g/mol. The van der Waals surface area contributed by atoms with Crippen LogP contribution in [0.5, 0.6) is 0 Å². The Hall–Kier alpha value is -2.85. The number of benzene rings is 1. The van der Waals surface area contributed by atoms with Gasteiger partial charge in [0.15, 0.2) is 5.76 Å². The van der Waals surface area contributed by atoms with Gasteiger partial charge < -0.3 is 20.4 Å². The Kier molecular flexibility index (Phi) is 7.34. The van der Waals surface area contributed by atoms with Gasteiger partial charge >= 0.3 is 6.03 Å². The number of furan rings is 1. The van der Waals surface area contributed by atoms with E-state index >= 15 is 0 Å². The van der Waals surface area contributed by atoms with Gasteiger partial charge in [-0.1, -0.05) is 18.6 Å². The lowest BCUT2D eigenvalue weighted by Gasteiger charge is -2.24. The molecule has 0 bridgehead atoms. The third-order valence-electron chi connectivity index (χ3n) is 4.80. The van der Waals surface area contributed by atoms with E-state index in [1.54, 1.807) is 24.3 Å². The second-order valence-corrected chi connectivity index (χ2v) is 9.59. The maximum absolute atomic E-state index is 12.6. The van der Waals surface area contributed by atoms with Crippen LogP contribution in [0.15, 0.2) is 45.9 Å². The molecule has 168 valence electrons. The van der Waals surface area contributed by atoms with Crippen molar-refractivity contribution in [2.24, 2.45) is 0 Å². The molecule has 3 N–H and O–H groups in total. The van der Waals surface area contributed by atoms with E-state index in [2.05, 4.69) is 16.0 Å². The first kappa shape index (κ1) is 22.8. The molecule has 0 aliphatic carbocycles. The number of sulfonamides is 1. The quantitative estimate of drug-likeness (QED) is 0.601. The molecule has 0 atom stereocenters. The van der Waals surface area contributed by atoms with Crippen molar-refractivity contribution >= 4 is 27.6 Å². The van der Waals surface area contributed by atoms with Gasteiger partial charge in [-0.3, -0.25) is 4.79 Å². The fourth-order valence-electron chi connectivity index (χ4n) is 3.22. The zero-order chi connectivity index (χ0) is 22.4. The van der Waals surface area contributed by atoms with Crippen LogP contribution in [0.4, 0.5) is 10.5 Å². The number of carbonyl (C=O) groups is 2. The SMILES string of the molecule is CC(C)NC(=O)Nc1ccc(CNC(=O)c2ccc(S(=O)(=O)N3CCCCC3)o2)cc1. The number of nitrogens with zero attached hydrogens (tertiary/aromatic N) is 1. The number of rotatable bonds is 7. The Morgan fingerprint density at radius 3 is 2.35 bits per heavy atom. The molecule has 31 heavy (non-hydrogen) atoms. The third-order valence-corrected chi connectivity index (χ3v) is 6.57. The van der Waals surface area contributed by atoms with E-state index in [4.69, 9.17) is 4.42 Å². The summed E-state index contributed by atoms with van der Waals surface area (Å²) in [6, 6.07) is 9.46. The van der Waals surface area contributed by atoms with Gasteiger partial charge in [0.1, 0.15) is 0 Å². The molecular formula is C21H28N4O5S. The van der Waals surface area contributed by atoms with E-state index in [0.29, 0.717) is 18.8 Å². The minimum absolute atomic E-state index is 0.0337. The normalized spacial score (nSPS) is 14.9. The van der Waals surface area contributed by atoms with E-state index in [1.807, 2.05) is 13.8 Å². The first-order valence-corrected chi connectivity index (χ1v) is 11.7. The van der Waals surface area contributed by atoms with Crippen LogP contribution in [0.3, 0.4) is 0 Å². The predicted octanol–water partition coefficient (Wildman–Crippen LogP) is 2.91. The molecule has 0 spiro atoms. The van der Waals surface area contributed by atoms with Gasteiger partial charge in [0.25, 0.3) is 15.9 Å². The van der Waals surface area contributed by atoms with E-state index in [-0.39, 0.29) is 29.5 Å². The van der Waals surface area contributed by atoms with E-state index < -0.39 is 15.9 Å². The molecule has 0 radical (unpaired) electrons. The molecule has 1 aromatic heterocycles. The first-order chi connectivity index (χ1) is 14.8. The third kappa shape index (κ3) is 6.08. The Bertz CT molecular complexity index is 1010. The predicted molar refractivity (Wildman–Crippen MR) is 116 cm³/mol. The minimum Gasteiger partial charge on any atom is -0.438 e. The van der Waals surface area contributed by atoms with Crippen LogP contribution in [-0.2, 0) is 16.6 Å². The lowest BCUT2D eigenvalue weighted by molar-refractivity contribution is 0.0917. The molecule has 2 heterocycles. The summed E-state index contributed by atoms with van der Waals surface area (Å²) in [6.45, 7) is 4.90. The highest BCUT2D eigenvalue weighted by Gasteiger charge is 2.29. The van der Waals surface area contributed by atoms with Crippen LogP contribution in [0, 0.1) is 0 Å². The Morgan fingerprint density at radius 2 is 1.71 bits per heavy atom. The van der Waals surface area contributed by atoms with Crippen molar-refractivity contribution in [2.45, 2.75) is 50.8 Å². The number of hydrogen-bond donors (Lipinski definition) is 3. The van der Waals surface area contributed by atoms with Gasteiger partial charge in [0.2, 0.25) is 5.09 Å². The highest BCUT2D eigenvalue weighted by molar-refractivity contribution is 7.89. The second-order valence-electron chi connectivity index (χ2n) is 7.72. The summed E-state index contributed by atoms with van der Waals surface area (Å²) < 4.78 is 32.0. The number of urea groups is 1. The summed E-state index contributed by atoms with van der Waals surface area (Å²) in [5.41, 5.74) is 1.45. The Morgan fingerprint density at radius 1 is 1.03 bits per heavy atom. The summed E-state index contributed by atoms with van der Waals surface area (Å²) in [5.74, 6) is -0.558. The maximum atomic E-state index is 12.6. The van der Waals surface area contributed by atoms with Crippen LogP contribution in [0.1, 0.15) is 49.2 Å². The number of hydrogen-bond acceptors (Lipinski definition) is 5. The smallest absolute Gasteiger partial charge is 0.319 e. The monoisotopic (exact) mass is 448 g/mol. The second kappa shape index (κ2) is 9.97. The molecule has 0 unspecified atom stereocenters. The summed E-state index contributed by atoms with van der Waals surface area (Å²) in [5, 5.41) is 7.95. The van der Waals surface area contributed by atoms with Crippen molar-refractivity contribution in [3.05, 3.63) is 47.7 Å². The van der Waals surface area contributed by atoms with Crippen molar-refractivity contribution in [1.82, 2.24) is 14.9 Å². The van der Waals surface area contributed by atoms with Crippen LogP contribution in [0.2, 0.25) is 0 Å². The summed E-state index contributed by atoms with van der Waals surface area (Å²) >= 11 is 0. The van der Waals surface area contributed by atoms with Crippen molar-refractivity contribution in [3.8, 4) is 0 Å². The zero-order valence-corrected chi connectivity index (χ0v) is 18.5. The fourth-order valence-corrected chi connectivity index (χ4v) is 4.65. The number of piperidine rings is 1. The van der Waals surface area contributed by atoms with Gasteiger partial charge in [-0.2, -0.15) is 4.31 Å². The molecule has 1 aliphatic heterocycles. The van der Waals surface area contributed by atoms with Crippen molar-refractivity contribution in [1.29, 1.82) is 0 Å². The standard InChI is InChI=1S/C21H28N4O5S/c1-15(2)23-21(27)24-17-8-6-16(7-9-17)14-22-20(26)18-10-11-19(30-18)31(28,29)25-12-4-3-5-13-25/h6-11,15H,3-5,12-14H2,1-2H3,(H,22,26)(H2,23,24,27). The topological polar surface area (TPSA) is 121 Å². The van der Waals surface area contributed by atoms with Crippen molar-refractivity contribution in [3.63, 3.8) is 0 Å². The molecule has 1 aromatic carbocycles. The van der Waals surface area contributed by atoms with Crippen LogP contribution in [0.25, 0.3) is 0 Å². The van der Waals surface area contributed by atoms with Gasteiger partial charge in [0.05, 0.1) is 0 Å². The molecule has 2 aromatic rings. The summed E-state index contributed by atoms with van der Waals surface area (Å²) in [6.07, 6.45) is 2.66. The molecule has 1 fully saturated rings. The lowest BCUT2D eigenvalue weighted by atomic mass is 10.2. The summed E-state index contributed by atoms with van der Waals surface area (Å²) in [4.78, 5) is 24.1. The molecule has 1 saturated heterocycles. The van der Waals surface area contributed by atoms with E-state index in [9.17, 15) is 18.0 Å². The molecule has 3 amide bonds. The van der Waals surface area contributed by atoms with Gasteiger partial charge in [0, 0.05) is 31.4 Å². The highest BCUT2D eigenvalue weighted by Crippen LogP contribution is 2.22. The van der Waals surface area contributed by atoms with Crippen LogP contribution < -0.4 is 16.0 Å². The molecule has 0 saturated carbocycles. The van der Waals surface area contributed by atoms with E-state index in [1.165, 1.54) is 16.4 Å². The number of nitrogens with one attached hydrogen (secondary N) is 3. The molecule has 1 aliphatic rings. The molecule has 3 rings (SSSR count). The molecule has 10 heteroatoms. The van der Waals surface area contributed by atoms with Gasteiger partial charge in [-0.25, -0.2) is 13.2 Å². The van der Waals surface area contributed by atoms with Crippen LogP contribution in [-0.4, -0.2) is 43.8 Å². The number of anilines is 1. The maximum Gasteiger partial charge on any atom is 0.319 e. The highest BCUT2D eigenvalue weighted by atomic mass is 32.2. The van der Waals surface area contributed by atoms with Gasteiger partial charge in [-0.05, 0) is 56.5 Å². The molecule has 9 nitrogen and oxygen atoms in total. The van der Waals surface area contributed by atoms with E-state index in [0.717, 1.165) is 24.8 Å².